The number of allylic oxidation sites excluding steroid dienone is 1. The summed E-state index contributed by atoms with van der Waals surface area (Å²) in [6.07, 6.45) is 7.84. The highest BCUT2D eigenvalue weighted by Crippen LogP contribution is 2.23. The van der Waals surface area contributed by atoms with E-state index in [0.717, 1.165) is 18.5 Å². The van der Waals surface area contributed by atoms with E-state index >= 15 is 0 Å². The minimum Gasteiger partial charge on any atom is -0.382 e. The van der Waals surface area contributed by atoms with Crippen molar-refractivity contribution in [3.63, 3.8) is 0 Å². The van der Waals surface area contributed by atoms with Gasteiger partial charge in [0.1, 0.15) is 0 Å². The molecule has 1 aromatic carbocycles. The average molecular weight is 226 g/mol. The molecule has 1 atom stereocenters. The Hall–Kier alpha value is -1.83. The van der Waals surface area contributed by atoms with E-state index in [1.807, 2.05) is 24.5 Å². The fourth-order valence-electron chi connectivity index (χ4n) is 1.94. The maximum atomic E-state index is 4.19. The van der Waals surface area contributed by atoms with E-state index in [1.165, 1.54) is 10.8 Å². The summed E-state index contributed by atoms with van der Waals surface area (Å²) in [5.74, 6) is 0. The topological polar surface area (TPSA) is 24.9 Å². The summed E-state index contributed by atoms with van der Waals surface area (Å²) in [5, 5.41) is 5.94. The number of fused-ring (bicyclic) bond motifs is 1. The van der Waals surface area contributed by atoms with Gasteiger partial charge in [0.05, 0.1) is 0 Å². The molecule has 0 saturated carbocycles. The van der Waals surface area contributed by atoms with Gasteiger partial charge >= 0.3 is 0 Å². The van der Waals surface area contributed by atoms with Gasteiger partial charge in [-0.2, -0.15) is 0 Å². The van der Waals surface area contributed by atoms with Crippen LogP contribution in [0.4, 0.5) is 5.69 Å². The van der Waals surface area contributed by atoms with Gasteiger partial charge in [-0.25, -0.2) is 0 Å². The Morgan fingerprint density at radius 1 is 1.41 bits per heavy atom. The summed E-state index contributed by atoms with van der Waals surface area (Å²) in [4.78, 5) is 4.19. The number of nitrogens with zero attached hydrogens (tertiary/aromatic N) is 1. The molecule has 0 aliphatic rings. The van der Waals surface area contributed by atoms with Gasteiger partial charge in [0.15, 0.2) is 0 Å². The molecular weight excluding hydrogens is 208 g/mol. The highest BCUT2D eigenvalue weighted by Gasteiger charge is 2.04. The minimum atomic E-state index is 0.443. The van der Waals surface area contributed by atoms with Crippen LogP contribution in [0.1, 0.15) is 19.8 Å². The van der Waals surface area contributed by atoms with Crippen molar-refractivity contribution in [2.45, 2.75) is 25.8 Å². The SMILES string of the molecule is C=CCCC(C)Nc1cccc2ccncc12. The molecule has 1 N–H and O–H groups in total. The molecule has 2 aromatic rings. The Labute approximate surface area is 102 Å². The Morgan fingerprint density at radius 3 is 3.12 bits per heavy atom. The van der Waals surface area contributed by atoms with E-state index in [9.17, 15) is 0 Å². The molecule has 0 radical (unpaired) electrons. The van der Waals surface area contributed by atoms with Crippen LogP contribution in [0.3, 0.4) is 0 Å². The first-order valence-electron chi connectivity index (χ1n) is 6.01. The van der Waals surface area contributed by atoms with Crippen molar-refractivity contribution in [3.8, 4) is 0 Å². The molecule has 1 aromatic heterocycles. The predicted molar refractivity (Wildman–Crippen MR) is 74.3 cm³/mol. The van der Waals surface area contributed by atoms with E-state index in [1.54, 1.807) is 0 Å². The molecule has 0 amide bonds. The fraction of sp³-hybridized carbons (Fsp3) is 0.267. The molecule has 17 heavy (non-hydrogen) atoms. The largest absolute Gasteiger partial charge is 0.382 e. The summed E-state index contributed by atoms with van der Waals surface area (Å²) in [6.45, 7) is 5.94. The fourth-order valence-corrected chi connectivity index (χ4v) is 1.94. The normalized spacial score (nSPS) is 12.3. The maximum Gasteiger partial charge on any atom is 0.0437 e. The number of hydrogen-bond acceptors (Lipinski definition) is 2. The number of anilines is 1. The molecule has 2 rings (SSSR count). The summed E-state index contributed by atoms with van der Waals surface area (Å²) in [5.41, 5.74) is 1.16. The van der Waals surface area contributed by atoms with Gasteiger partial charge in [0, 0.05) is 29.5 Å². The first kappa shape index (κ1) is 11.6. The summed E-state index contributed by atoms with van der Waals surface area (Å²) >= 11 is 0. The van der Waals surface area contributed by atoms with Crippen molar-refractivity contribution in [1.82, 2.24) is 4.98 Å². The highest BCUT2D eigenvalue weighted by atomic mass is 14.9. The van der Waals surface area contributed by atoms with Crippen molar-refractivity contribution < 1.29 is 0 Å². The molecule has 0 fully saturated rings. The molecule has 0 spiro atoms. The van der Waals surface area contributed by atoms with Gasteiger partial charge < -0.3 is 5.32 Å². The number of pyridine rings is 1. The van der Waals surface area contributed by atoms with Gasteiger partial charge in [0.2, 0.25) is 0 Å². The Morgan fingerprint density at radius 2 is 2.29 bits per heavy atom. The molecule has 88 valence electrons. The quantitative estimate of drug-likeness (QED) is 0.779. The monoisotopic (exact) mass is 226 g/mol. The molecule has 0 saturated heterocycles. The number of benzene rings is 1. The molecule has 0 bridgehead atoms. The molecular formula is C15H18N2. The van der Waals surface area contributed by atoms with Gasteiger partial charge in [-0.1, -0.05) is 18.2 Å². The molecule has 1 heterocycles. The molecule has 2 nitrogen and oxygen atoms in total. The average Bonchev–Trinajstić information content (AvgIpc) is 2.37. The maximum absolute atomic E-state index is 4.19. The Bertz CT molecular complexity index is 500. The third kappa shape index (κ3) is 2.84. The van der Waals surface area contributed by atoms with E-state index in [2.05, 4.69) is 42.0 Å². The molecule has 0 aliphatic carbocycles. The van der Waals surface area contributed by atoms with Gasteiger partial charge in [-0.15, -0.1) is 6.58 Å². The Kier molecular flexibility index (Phi) is 3.76. The summed E-state index contributed by atoms with van der Waals surface area (Å²) in [6, 6.07) is 8.77. The van der Waals surface area contributed by atoms with E-state index in [4.69, 9.17) is 0 Å². The minimum absolute atomic E-state index is 0.443. The number of aromatic nitrogens is 1. The summed E-state index contributed by atoms with van der Waals surface area (Å²) < 4.78 is 0. The molecule has 0 aliphatic heterocycles. The van der Waals surface area contributed by atoms with Crippen LogP contribution in [-0.2, 0) is 0 Å². The third-order valence-electron chi connectivity index (χ3n) is 2.89. The van der Waals surface area contributed by atoms with Crippen LogP contribution in [0.5, 0.6) is 0 Å². The second-order valence-electron chi connectivity index (χ2n) is 4.31. The van der Waals surface area contributed by atoms with Crippen LogP contribution in [0.15, 0.2) is 49.3 Å². The van der Waals surface area contributed by atoms with E-state index in [0.29, 0.717) is 6.04 Å². The van der Waals surface area contributed by atoms with Gasteiger partial charge in [-0.05, 0) is 37.3 Å². The zero-order valence-corrected chi connectivity index (χ0v) is 10.2. The lowest BCUT2D eigenvalue weighted by Gasteiger charge is -2.16. The number of rotatable bonds is 5. The highest BCUT2D eigenvalue weighted by molar-refractivity contribution is 5.93. The standard InChI is InChI=1S/C15H18N2/c1-3-4-6-12(2)17-15-8-5-7-13-9-10-16-11-14(13)15/h3,5,7-12,17H,1,4,6H2,2H3. The van der Waals surface area contributed by atoms with Crippen LogP contribution in [0.2, 0.25) is 0 Å². The second kappa shape index (κ2) is 5.48. The summed E-state index contributed by atoms with van der Waals surface area (Å²) in [7, 11) is 0. The Balaban J connectivity index is 2.20. The lowest BCUT2D eigenvalue weighted by Crippen LogP contribution is -2.14. The zero-order chi connectivity index (χ0) is 12.1. The van der Waals surface area contributed by atoms with Crippen molar-refractivity contribution >= 4 is 16.5 Å². The third-order valence-corrected chi connectivity index (χ3v) is 2.89. The van der Waals surface area contributed by atoms with E-state index < -0.39 is 0 Å². The van der Waals surface area contributed by atoms with Crippen molar-refractivity contribution in [2.75, 3.05) is 5.32 Å². The van der Waals surface area contributed by atoms with E-state index in [-0.39, 0.29) is 0 Å². The van der Waals surface area contributed by atoms with Crippen LogP contribution >= 0.6 is 0 Å². The van der Waals surface area contributed by atoms with Crippen LogP contribution < -0.4 is 5.32 Å². The lowest BCUT2D eigenvalue weighted by atomic mass is 10.1. The van der Waals surface area contributed by atoms with Crippen molar-refractivity contribution in [1.29, 1.82) is 0 Å². The number of nitrogens with one attached hydrogen (secondary N) is 1. The van der Waals surface area contributed by atoms with Crippen LogP contribution in [0, 0.1) is 0 Å². The molecule has 1 unspecified atom stereocenters. The number of hydrogen-bond donors (Lipinski definition) is 1. The van der Waals surface area contributed by atoms with Crippen LogP contribution in [-0.4, -0.2) is 11.0 Å². The van der Waals surface area contributed by atoms with Crippen LogP contribution in [0.25, 0.3) is 10.8 Å². The first-order valence-corrected chi connectivity index (χ1v) is 6.01. The lowest BCUT2D eigenvalue weighted by molar-refractivity contribution is 0.720. The van der Waals surface area contributed by atoms with Gasteiger partial charge in [0.25, 0.3) is 0 Å². The van der Waals surface area contributed by atoms with Gasteiger partial charge in [-0.3, -0.25) is 4.98 Å². The zero-order valence-electron chi connectivity index (χ0n) is 10.2. The van der Waals surface area contributed by atoms with Crippen molar-refractivity contribution in [2.24, 2.45) is 0 Å². The first-order chi connectivity index (χ1) is 8.31. The van der Waals surface area contributed by atoms with Crippen molar-refractivity contribution in [3.05, 3.63) is 49.3 Å². The second-order valence-corrected chi connectivity index (χ2v) is 4.31. The smallest absolute Gasteiger partial charge is 0.0437 e. The molecule has 2 heteroatoms. The predicted octanol–water partition coefficient (Wildman–Crippen LogP) is 4.00.